The molecule has 168 valence electrons. The maximum atomic E-state index is 12.5. The summed E-state index contributed by atoms with van der Waals surface area (Å²) >= 11 is 1.58. The van der Waals surface area contributed by atoms with E-state index in [2.05, 4.69) is 15.4 Å². The Labute approximate surface area is 190 Å². The summed E-state index contributed by atoms with van der Waals surface area (Å²) in [6, 6.07) is 16.2. The molecule has 1 heterocycles. The fraction of sp³-hybridized carbons (Fsp3) is 0.182. The standard InChI is InChI=1S/C22H23N3O5S2/c1-30-15-21(26)24-17-6-8-18(9-7-17)25-22(27)16-4-10-20(11-5-16)32(28,29)23-13-12-19-3-2-14-31-19/h2-11,14,23H,12-13,15H2,1H3,(H,24,26)(H,25,27). The van der Waals surface area contributed by atoms with Gasteiger partial charge < -0.3 is 15.4 Å². The van der Waals surface area contributed by atoms with Gasteiger partial charge in [0.25, 0.3) is 5.91 Å². The molecule has 3 aromatic rings. The van der Waals surface area contributed by atoms with Crippen molar-refractivity contribution in [2.45, 2.75) is 11.3 Å². The van der Waals surface area contributed by atoms with Crippen molar-refractivity contribution < 1.29 is 22.7 Å². The molecule has 0 aliphatic carbocycles. The number of carbonyl (C=O) groups excluding carboxylic acids is 2. The molecule has 0 spiro atoms. The van der Waals surface area contributed by atoms with Crippen LogP contribution in [0.4, 0.5) is 11.4 Å². The summed E-state index contributed by atoms with van der Waals surface area (Å²) in [5.74, 6) is -0.656. The quantitative estimate of drug-likeness (QED) is 0.419. The summed E-state index contributed by atoms with van der Waals surface area (Å²) in [7, 11) is -2.22. The van der Waals surface area contributed by atoms with Crippen molar-refractivity contribution >= 4 is 44.5 Å². The first-order chi connectivity index (χ1) is 15.4. The van der Waals surface area contributed by atoms with E-state index in [9.17, 15) is 18.0 Å². The zero-order chi connectivity index (χ0) is 23.0. The molecular formula is C22H23N3O5S2. The number of hydrogen-bond acceptors (Lipinski definition) is 6. The van der Waals surface area contributed by atoms with Crippen molar-refractivity contribution in [2.75, 3.05) is 30.9 Å². The molecule has 0 aliphatic heterocycles. The van der Waals surface area contributed by atoms with E-state index in [4.69, 9.17) is 4.74 Å². The second-order valence-electron chi connectivity index (χ2n) is 6.76. The Bertz CT molecular complexity index is 1140. The zero-order valence-corrected chi connectivity index (χ0v) is 19.0. The maximum Gasteiger partial charge on any atom is 0.255 e. The Morgan fingerprint density at radius 3 is 2.19 bits per heavy atom. The molecule has 32 heavy (non-hydrogen) atoms. The first-order valence-electron chi connectivity index (χ1n) is 9.70. The number of sulfonamides is 1. The number of anilines is 2. The number of carbonyl (C=O) groups is 2. The Morgan fingerprint density at radius 1 is 0.938 bits per heavy atom. The number of hydrogen-bond donors (Lipinski definition) is 3. The third-order valence-electron chi connectivity index (χ3n) is 4.37. The third kappa shape index (κ3) is 6.72. The number of rotatable bonds is 10. The Kier molecular flexibility index (Phi) is 8.12. The lowest BCUT2D eigenvalue weighted by Crippen LogP contribution is -2.26. The highest BCUT2D eigenvalue weighted by atomic mass is 32.2. The molecule has 0 aliphatic rings. The van der Waals surface area contributed by atoms with E-state index in [0.717, 1.165) is 4.88 Å². The summed E-state index contributed by atoms with van der Waals surface area (Å²) in [5, 5.41) is 7.34. The molecule has 2 amide bonds. The van der Waals surface area contributed by atoms with E-state index >= 15 is 0 Å². The molecule has 0 unspecified atom stereocenters. The van der Waals surface area contributed by atoms with E-state index in [-0.39, 0.29) is 23.3 Å². The van der Waals surface area contributed by atoms with Gasteiger partial charge in [-0.05, 0) is 66.4 Å². The van der Waals surface area contributed by atoms with Crippen LogP contribution in [0.3, 0.4) is 0 Å². The predicted octanol–water partition coefficient (Wildman–Crippen LogP) is 3.11. The molecule has 0 radical (unpaired) electrons. The molecule has 0 bridgehead atoms. The number of thiophene rings is 1. The Balaban J connectivity index is 1.55. The lowest BCUT2D eigenvalue weighted by atomic mass is 10.2. The van der Waals surface area contributed by atoms with Gasteiger partial charge in [-0.25, -0.2) is 13.1 Å². The van der Waals surface area contributed by atoms with Crippen LogP contribution in [0.2, 0.25) is 0 Å². The molecule has 0 atom stereocenters. The topological polar surface area (TPSA) is 114 Å². The molecule has 0 fully saturated rings. The summed E-state index contributed by atoms with van der Waals surface area (Å²) in [6.45, 7) is 0.251. The molecule has 10 heteroatoms. The van der Waals surface area contributed by atoms with Crippen LogP contribution >= 0.6 is 11.3 Å². The number of benzene rings is 2. The lowest BCUT2D eigenvalue weighted by Gasteiger charge is -2.09. The van der Waals surface area contributed by atoms with Gasteiger partial charge in [0.2, 0.25) is 15.9 Å². The fourth-order valence-corrected chi connectivity index (χ4v) is 4.54. The normalized spacial score (nSPS) is 11.2. The minimum absolute atomic E-state index is 0.0473. The summed E-state index contributed by atoms with van der Waals surface area (Å²) in [5.41, 5.74) is 1.43. The van der Waals surface area contributed by atoms with Gasteiger partial charge in [-0.3, -0.25) is 9.59 Å². The summed E-state index contributed by atoms with van der Waals surface area (Å²) < 4.78 is 32.2. The second kappa shape index (κ2) is 11.0. The molecule has 8 nitrogen and oxygen atoms in total. The molecule has 1 aromatic heterocycles. The van der Waals surface area contributed by atoms with Gasteiger partial charge in [0.15, 0.2) is 0 Å². The average Bonchev–Trinajstić information content (AvgIpc) is 3.29. The van der Waals surface area contributed by atoms with Gasteiger partial charge in [0.05, 0.1) is 4.90 Å². The van der Waals surface area contributed by atoms with Crippen LogP contribution in [-0.4, -0.2) is 40.5 Å². The highest BCUT2D eigenvalue weighted by Gasteiger charge is 2.15. The molecule has 3 rings (SSSR count). The monoisotopic (exact) mass is 473 g/mol. The first kappa shape index (κ1) is 23.6. The Hall–Kier alpha value is -3.05. The van der Waals surface area contributed by atoms with Crippen LogP contribution in [0.5, 0.6) is 0 Å². The smallest absolute Gasteiger partial charge is 0.255 e. The molecule has 0 saturated carbocycles. The van der Waals surface area contributed by atoms with E-state index in [1.54, 1.807) is 35.6 Å². The summed E-state index contributed by atoms with van der Waals surface area (Å²) in [4.78, 5) is 25.2. The zero-order valence-electron chi connectivity index (χ0n) is 17.3. The van der Waals surface area contributed by atoms with Crippen molar-refractivity contribution in [2.24, 2.45) is 0 Å². The number of ether oxygens (including phenoxy) is 1. The SMILES string of the molecule is COCC(=O)Nc1ccc(NC(=O)c2ccc(S(=O)(=O)NCCc3cccs3)cc2)cc1. The van der Waals surface area contributed by atoms with Gasteiger partial charge in [-0.1, -0.05) is 6.07 Å². The van der Waals surface area contributed by atoms with Gasteiger partial charge in [0.1, 0.15) is 6.61 Å². The predicted molar refractivity (Wildman–Crippen MR) is 125 cm³/mol. The minimum Gasteiger partial charge on any atom is -0.375 e. The first-order valence-corrected chi connectivity index (χ1v) is 12.1. The highest BCUT2D eigenvalue weighted by Crippen LogP contribution is 2.16. The number of nitrogens with one attached hydrogen (secondary N) is 3. The van der Waals surface area contributed by atoms with E-state index in [1.165, 1.54) is 31.4 Å². The van der Waals surface area contributed by atoms with Crippen molar-refractivity contribution in [3.63, 3.8) is 0 Å². The van der Waals surface area contributed by atoms with Gasteiger partial charge in [-0.15, -0.1) is 11.3 Å². The van der Waals surface area contributed by atoms with Crippen LogP contribution in [0.25, 0.3) is 0 Å². The second-order valence-corrected chi connectivity index (χ2v) is 9.56. The third-order valence-corrected chi connectivity index (χ3v) is 6.79. The summed E-state index contributed by atoms with van der Waals surface area (Å²) in [6.07, 6.45) is 0.617. The molecule has 2 aromatic carbocycles. The van der Waals surface area contributed by atoms with E-state index < -0.39 is 10.0 Å². The van der Waals surface area contributed by atoms with Crippen LogP contribution in [0.15, 0.2) is 70.9 Å². The number of methoxy groups -OCH3 is 1. The van der Waals surface area contributed by atoms with Gasteiger partial charge in [-0.2, -0.15) is 0 Å². The van der Waals surface area contributed by atoms with Crippen molar-refractivity contribution in [3.8, 4) is 0 Å². The molecule has 0 saturated heterocycles. The van der Waals surface area contributed by atoms with Crippen LogP contribution in [0, 0.1) is 0 Å². The van der Waals surface area contributed by atoms with Gasteiger partial charge >= 0.3 is 0 Å². The lowest BCUT2D eigenvalue weighted by molar-refractivity contribution is -0.119. The van der Waals surface area contributed by atoms with Crippen LogP contribution in [-0.2, 0) is 26.0 Å². The fourth-order valence-electron chi connectivity index (χ4n) is 2.80. The minimum atomic E-state index is -3.65. The molecule has 3 N–H and O–H groups in total. The average molecular weight is 474 g/mol. The van der Waals surface area contributed by atoms with Gasteiger partial charge in [0, 0.05) is 35.5 Å². The molecular weight excluding hydrogens is 450 g/mol. The van der Waals surface area contributed by atoms with Crippen molar-refractivity contribution in [3.05, 3.63) is 76.5 Å². The maximum absolute atomic E-state index is 12.5. The van der Waals surface area contributed by atoms with Crippen LogP contribution < -0.4 is 15.4 Å². The van der Waals surface area contributed by atoms with Crippen molar-refractivity contribution in [1.82, 2.24) is 4.72 Å². The number of amides is 2. The largest absolute Gasteiger partial charge is 0.375 e. The Morgan fingerprint density at radius 2 is 1.59 bits per heavy atom. The van der Waals surface area contributed by atoms with E-state index in [1.807, 2.05) is 17.5 Å². The van der Waals surface area contributed by atoms with Crippen molar-refractivity contribution in [1.29, 1.82) is 0 Å². The van der Waals surface area contributed by atoms with E-state index in [0.29, 0.717) is 29.9 Å². The van der Waals surface area contributed by atoms with Crippen LogP contribution in [0.1, 0.15) is 15.2 Å². The highest BCUT2D eigenvalue weighted by molar-refractivity contribution is 7.89.